The molecular formula is C20H33IN4O2. The number of nitrogens with zero attached hydrogens (tertiary/aromatic N) is 2. The molecule has 1 aromatic heterocycles. The molecule has 4 rings (SSSR count). The number of ether oxygens (including phenoxy) is 1. The second-order valence-corrected chi connectivity index (χ2v) is 8.37. The van der Waals surface area contributed by atoms with Crippen molar-refractivity contribution in [1.82, 2.24) is 15.8 Å². The van der Waals surface area contributed by atoms with Gasteiger partial charge in [0.05, 0.1) is 11.8 Å². The summed E-state index contributed by atoms with van der Waals surface area (Å²) >= 11 is 0. The molecule has 27 heavy (non-hydrogen) atoms. The molecule has 0 radical (unpaired) electrons. The Morgan fingerprint density at radius 1 is 1.37 bits per heavy atom. The van der Waals surface area contributed by atoms with Gasteiger partial charge in [0.25, 0.3) is 0 Å². The van der Waals surface area contributed by atoms with E-state index < -0.39 is 0 Å². The maximum Gasteiger partial charge on any atom is 0.191 e. The first-order chi connectivity index (χ1) is 12.6. The summed E-state index contributed by atoms with van der Waals surface area (Å²) in [5.74, 6) is 2.71. The summed E-state index contributed by atoms with van der Waals surface area (Å²) in [6, 6.07) is 2.50. The van der Waals surface area contributed by atoms with Gasteiger partial charge in [0.1, 0.15) is 6.54 Å². The third-order valence-corrected chi connectivity index (χ3v) is 6.48. The lowest BCUT2D eigenvalue weighted by molar-refractivity contribution is -0.125. The summed E-state index contributed by atoms with van der Waals surface area (Å²) in [4.78, 5) is 4.77. The average molecular weight is 488 g/mol. The predicted octanol–water partition coefficient (Wildman–Crippen LogP) is 3.82. The van der Waals surface area contributed by atoms with E-state index >= 15 is 0 Å². The van der Waals surface area contributed by atoms with Gasteiger partial charge in [0, 0.05) is 36.6 Å². The maximum absolute atomic E-state index is 6.09. The van der Waals surface area contributed by atoms with Crippen LogP contribution >= 0.6 is 24.0 Å². The minimum Gasteiger partial charge on any atom is -0.377 e. The zero-order valence-electron chi connectivity index (χ0n) is 16.7. The van der Waals surface area contributed by atoms with Crippen LogP contribution in [0.25, 0.3) is 0 Å². The number of fused-ring (bicyclic) bond motifs is 2. The van der Waals surface area contributed by atoms with Crippen LogP contribution in [0.15, 0.2) is 15.6 Å². The molecule has 152 valence electrons. The molecule has 6 nitrogen and oxygen atoms in total. The Bertz CT molecular complexity index is 654. The van der Waals surface area contributed by atoms with Crippen LogP contribution < -0.4 is 10.6 Å². The van der Waals surface area contributed by atoms with E-state index in [0.29, 0.717) is 35.9 Å². The molecule has 2 N–H and O–H groups in total. The Kier molecular flexibility index (Phi) is 6.71. The highest BCUT2D eigenvalue weighted by molar-refractivity contribution is 14.0. The van der Waals surface area contributed by atoms with Crippen molar-refractivity contribution < 1.29 is 9.26 Å². The Balaban J connectivity index is 0.00000210. The monoisotopic (exact) mass is 488 g/mol. The van der Waals surface area contributed by atoms with E-state index in [0.717, 1.165) is 30.6 Å². The first kappa shape index (κ1) is 20.9. The first-order valence-electron chi connectivity index (χ1n) is 10.3. The Morgan fingerprint density at radius 3 is 2.81 bits per heavy atom. The maximum atomic E-state index is 6.09. The van der Waals surface area contributed by atoms with Crippen molar-refractivity contribution in [2.24, 2.45) is 16.3 Å². The molecule has 3 fully saturated rings. The van der Waals surface area contributed by atoms with Gasteiger partial charge in [-0.3, -0.25) is 0 Å². The van der Waals surface area contributed by atoms with E-state index in [4.69, 9.17) is 14.3 Å². The van der Waals surface area contributed by atoms with Gasteiger partial charge in [0.2, 0.25) is 0 Å². The number of nitrogens with one attached hydrogen (secondary N) is 2. The van der Waals surface area contributed by atoms with E-state index in [-0.39, 0.29) is 24.0 Å². The van der Waals surface area contributed by atoms with Gasteiger partial charge in [0.15, 0.2) is 11.7 Å². The summed E-state index contributed by atoms with van der Waals surface area (Å²) in [6.45, 7) is 8.63. The van der Waals surface area contributed by atoms with E-state index in [1.807, 2.05) is 6.07 Å². The van der Waals surface area contributed by atoms with Crippen molar-refractivity contribution >= 4 is 29.9 Å². The van der Waals surface area contributed by atoms with Crippen LogP contribution in [0.1, 0.15) is 70.2 Å². The van der Waals surface area contributed by atoms with Crippen molar-refractivity contribution in [3.8, 4) is 0 Å². The van der Waals surface area contributed by atoms with E-state index in [2.05, 4.69) is 36.6 Å². The predicted molar refractivity (Wildman–Crippen MR) is 116 cm³/mol. The van der Waals surface area contributed by atoms with Crippen LogP contribution in [0.5, 0.6) is 0 Å². The van der Waals surface area contributed by atoms with E-state index in [1.165, 1.54) is 32.1 Å². The van der Waals surface area contributed by atoms with E-state index in [1.54, 1.807) is 0 Å². The summed E-state index contributed by atoms with van der Waals surface area (Å²) in [5.41, 5.74) is 1.32. The second kappa shape index (κ2) is 8.68. The summed E-state index contributed by atoms with van der Waals surface area (Å²) < 4.78 is 11.5. The van der Waals surface area contributed by atoms with Crippen LogP contribution in [0.4, 0.5) is 0 Å². The van der Waals surface area contributed by atoms with Gasteiger partial charge in [-0.05, 0) is 32.1 Å². The first-order valence-corrected chi connectivity index (χ1v) is 10.3. The minimum absolute atomic E-state index is 0. The quantitative estimate of drug-likeness (QED) is 0.375. The molecule has 0 amide bonds. The number of aliphatic imine (C=N–C) groups is 1. The summed E-state index contributed by atoms with van der Waals surface area (Å²) in [6.07, 6.45) is 6.86. The fraction of sp³-hybridized carbons (Fsp3) is 0.800. The molecule has 2 saturated carbocycles. The molecule has 0 aromatic carbocycles. The van der Waals surface area contributed by atoms with Crippen molar-refractivity contribution in [2.75, 3.05) is 13.2 Å². The van der Waals surface area contributed by atoms with Crippen molar-refractivity contribution in [3.63, 3.8) is 0 Å². The largest absolute Gasteiger partial charge is 0.377 e. The third kappa shape index (κ3) is 3.86. The van der Waals surface area contributed by atoms with Crippen LogP contribution in [0.3, 0.4) is 0 Å². The normalized spacial score (nSPS) is 28.7. The average Bonchev–Trinajstić information content (AvgIpc) is 3.36. The number of aromatic nitrogens is 1. The van der Waals surface area contributed by atoms with Gasteiger partial charge >= 0.3 is 0 Å². The fourth-order valence-electron chi connectivity index (χ4n) is 5.20. The second-order valence-electron chi connectivity index (χ2n) is 8.37. The topological polar surface area (TPSA) is 71.7 Å². The van der Waals surface area contributed by atoms with Crippen molar-refractivity contribution in [1.29, 1.82) is 0 Å². The number of rotatable bonds is 5. The van der Waals surface area contributed by atoms with Crippen LogP contribution in [-0.4, -0.2) is 36.4 Å². The Hall–Kier alpha value is -0.830. The van der Waals surface area contributed by atoms with Gasteiger partial charge in [-0.2, -0.15) is 0 Å². The molecule has 2 aliphatic carbocycles. The van der Waals surface area contributed by atoms with Gasteiger partial charge in [-0.15, -0.1) is 24.0 Å². The Morgan fingerprint density at radius 2 is 2.15 bits per heavy atom. The fourth-order valence-corrected chi connectivity index (χ4v) is 5.20. The molecular weight excluding hydrogens is 455 g/mol. The standard InChI is InChI=1S/C20H32N4O2.HI/c1-4-21-19(22-12-14-11-16(13(2)3)24-26-14)23-17-15-7-10-25-18(15)20(17)8-5-6-9-20;/h11,13,15,17-18H,4-10,12H2,1-3H3,(H2,21,22,23);1H. The highest BCUT2D eigenvalue weighted by atomic mass is 127. The molecule has 2 heterocycles. The highest BCUT2D eigenvalue weighted by Gasteiger charge is 2.65. The zero-order chi connectivity index (χ0) is 18.1. The number of hydrogen-bond donors (Lipinski definition) is 2. The Labute approximate surface area is 179 Å². The SMILES string of the molecule is CCNC(=NCc1cc(C(C)C)no1)NC1C2CCOC2C12CCCC2.I. The lowest BCUT2D eigenvalue weighted by Gasteiger charge is -2.57. The minimum atomic E-state index is 0. The van der Waals surface area contributed by atoms with Crippen LogP contribution in [-0.2, 0) is 11.3 Å². The number of guanidine groups is 1. The molecule has 3 atom stereocenters. The van der Waals surface area contributed by atoms with Gasteiger partial charge < -0.3 is 19.9 Å². The molecule has 1 aliphatic heterocycles. The van der Waals surface area contributed by atoms with Crippen molar-refractivity contribution in [3.05, 3.63) is 17.5 Å². The smallest absolute Gasteiger partial charge is 0.191 e. The third-order valence-electron chi connectivity index (χ3n) is 6.48. The summed E-state index contributed by atoms with van der Waals surface area (Å²) in [7, 11) is 0. The molecule has 0 bridgehead atoms. The summed E-state index contributed by atoms with van der Waals surface area (Å²) in [5, 5.41) is 11.3. The van der Waals surface area contributed by atoms with Crippen LogP contribution in [0, 0.1) is 11.3 Å². The molecule has 3 aliphatic rings. The molecule has 1 saturated heterocycles. The molecule has 1 spiro atoms. The molecule has 1 aromatic rings. The molecule has 3 unspecified atom stereocenters. The number of hydrogen-bond acceptors (Lipinski definition) is 4. The van der Waals surface area contributed by atoms with Gasteiger partial charge in [-0.1, -0.05) is 31.8 Å². The number of halogens is 1. The lowest BCUT2D eigenvalue weighted by atomic mass is 9.54. The van der Waals surface area contributed by atoms with Crippen molar-refractivity contribution in [2.45, 2.75) is 77.5 Å². The van der Waals surface area contributed by atoms with Gasteiger partial charge in [-0.25, -0.2) is 4.99 Å². The molecule has 7 heteroatoms. The zero-order valence-corrected chi connectivity index (χ0v) is 19.0. The van der Waals surface area contributed by atoms with Crippen LogP contribution in [0.2, 0.25) is 0 Å². The van der Waals surface area contributed by atoms with E-state index in [9.17, 15) is 0 Å². The lowest BCUT2D eigenvalue weighted by Crippen LogP contribution is -2.69. The highest BCUT2D eigenvalue weighted by Crippen LogP contribution is 2.60.